The molecule has 1 fully saturated rings. The van der Waals surface area contributed by atoms with Crippen LogP contribution < -0.4 is 15.4 Å². The van der Waals surface area contributed by atoms with Gasteiger partial charge in [0.15, 0.2) is 0 Å². The van der Waals surface area contributed by atoms with E-state index in [1.54, 1.807) is 0 Å². The summed E-state index contributed by atoms with van der Waals surface area (Å²) in [6.07, 6.45) is 1.74. The molecule has 8 nitrogen and oxygen atoms in total. The van der Waals surface area contributed by atoms with Gasteiger partial charge in [-0.15, -0.1) is 0 Å². The normalized spacial score (nSPS) is 16.6. The van der Waals surface area contributed by atoms with Crippen LogP contribution in [0, 0.1) is 10.1 Å². The summed E-state index contributed by atoms with van der Waals surface area (Å²) in [5, 5.41) is 17.5. The van der Waals surface area contributed by atoms with Crippen molar-refractivity contribution in [2.75, 3.05) is 25.5 Å². The highest BCUT2D eigenvalue weighted by molar-refractivity contribution is 7.89. The molecule has 0 unspecified atom stereocenters. The second-order valence-electron chi connectivity index (χ2n) is 4.81. The molecule has 1 aromatic carbocycles. The molecule has 1 heterocycles. The van der Waals surface area contributed by atoms with Crippen LogP contribution in [0.2, 0.25) is 0 Å². The molecular formula is C12H18N4O4S. The van der Waals surface area contributed by atoms with Gasteiger partial charge in [0.1, 0.15) is 5.69 Å². The molecule has 116 valence electrons. The fourth-order valence-corrected chi connectivity index (χ4v) is 3.01. The number of hydrogen-bond donors (Lipinski definition) is 3. The molecule has 0 amide bonds. The van der Waals surface area contributed by atoms with Gasteiger partial charge in [0.25, 0.3) is 5.69 Å². The first-order valence-electron chi connectivity index (χ1n) is 6.63. The first-order chi connectivity index (χ1) is 9.94. The zero-order valence-corrected chi connectivity index (χ0v) is 12.4. The summed E-state index contributed by atoms with van der Waals surface area (Å²) in [6.45, 7) is 1.72. The van der Waals surface area contributed by atoms with Gasteiger partial charge in [-0.05, 0) is 45.1 Å². The minimum atomic E-state index is -3.70. The van der Waals surface area contributed by atoms with Crippen LogP contribution in [0.15, 0.2) is 23.1 Å². The summed E-state index contributed by atoms with van der Waals surface area (Å²) >= 11 is 0. The number of hydrogen-bond acceptors (Lipinski definition) is 6. The molecule has 0 atom stereocenters. The fourth-order valence-electron chi connectivity index (χ4n) is 2.26. The Morgan fingerprint density at radius 1 is 1.33 bits per heavy atom. The lowest BCUT2D eigenvalue weighted by atomic mass is 10.1. The topological polar surface area (TPSA) is 113 Å². The summed E-state index contributed by atoms with van der Waals surface area (Å²) in [4.78, 5) is 10.5. The average molecular weight is 314 g/mol. The Hall–Kier alpha value is -1.71. The van der Waals surface area contributed by atoms with Crippen LogP contribution in [-0.2, 0) is 10.0 Å². The molecule has 1 aliphatic rings. The maximum Gasteiger partial charge on any atom is 0.293 e. The number of benzene rings is 1. The van der Waals surface area contributed by atoms with E-state index < -0.39 is 14.9 Å². The van der Waals surface area contributed by atoms with E-state index in [1.165, 1.54) is 19.2 Å². The van der Waals surface area contributed by atoms with Crippen molar-refractivity contribution in [2.24, 2.45) is 0 Å². The van der Waals surface area contributed by atoms with E-state index in [9.17, 15) is 18.5 Å². The molecule has 0 saturated carbocycles. The number of nitro benzene ring substituents is 1. The van der Waals surface area contributed by atoms with Gasteiger partial charge in [-0.2, -0.15) is 0 Å². The van der Waals surface area contributed by atoms with Crippen molar-refractivity contribution in [1.82, 2.24) is 10.0 Å². The number of nitro groups is 1. The summed E-state index contributed by atoms with van der Waals surface area (Å²) in [6, 6.07) is 4.04. The Kier molecular flexibility index (Phi) is 4.76. The molecule has 0 bridgehead atoms. The summed E-state index contributed by atoms with van der Waals surface area (Å²) in [7, 11) is -2.43. The smallest absolute Gasteiger partial charge is 0.293 e. The van der Waals surface area contributed by atoms with Crippen molar-refractivity contribution in [3.05, 3.63) is 28.3 Å². The highest BCUT2D eigenvalue weighted by atomic mass is 32.2. The third kappa shape index (κ3) is 3.69. The quantitative estimate of drug-likeness (QED) is 0.544. The van der Waals surface area contributed by atoms with Crippen molar-refractivity contribution in [2.45, 2.75) is 23.8 Å². The van der Waals surface area contributed by atoms with E-state index in [0.29, 0.717) is 5.69 Å². The lowest BCUT2D eigenvalue weighted by Gasteiger charge is -2.24. The number of rotatable bonds is 5. The summed E-state index contributed by atoms with van der Waals surface area (Å²) in [5.74, 6) is 0. The second-order valence-corrected chi connectivity index (χ2v) is 6.70. The van der Waals surface area contributed by atoms with Crippen LogP contribution in [0.3, 0.4) is 0 Å². The van der Waals surface area contributed by atoms with Gasteiger partial charge in [-0.25, -0.2) is 13.1 Å². The number of nitrogens with one attached hydrogen (secondary N) is 3. The second kappa shape index (κ2) is 6.37. The lowest BCUT2D eigenvalue weighted by Crippen LogP contribution is -2.35. The molecule has 1 aliphatic heterocycles. The molecule has 0 spiro atoms. The predicted octanol–water partition coefficient (Wildman–Crippen LogP) is 0.667. The SMILES string of the molecule is CNS(=O)(=O)c1ccc(NC2CCNCC2)c([N+](=O)[O-])c1. The number of sulfonamides is 1. The van der Waals surface area contributed by atoms with Gasteiger partial charge in [0.05, 0.1) is 9.82 Å². The van der Waals surface area contributed by atoms with Crippen molar-refractivity contribution in [3.8, 4) is 0 Å². The van der Waals surface area contributed by atoms with Crippen molar-refractivity contribution in [3.63, 3.8) is 0 Å². The maximum atomic E-state index is 11.7. The first kappa shape index (κ1) is 15.7. The number of nitrogens with zero attached hydrogens (tertiary/aromatic N) is 1. The molecule has 0 aliphatic carbocycles. The zero-order chi connectivity index (χ0) is 15.5. The number of anilines is 1. The Morgan fingerprint density at radius 3 is 2.57 bits per heavy atom. The number of piperidine rings is 1. The van der Waals surface area contributed by atoms with Crippen LogP contribution in [0.1, 0.15) is 12.8 Å². The largest absolute Gasteiger partial charge is 0.377 e. The molecular weight excluding hydrogens is 296 g/mol. The van der Waals surface area contributed by atoms with Crippen LogP contribution in [-0.4, -0.2) is 39.5 Å². The molecule has 1 aromatic rings. The Bertz CT molecular complexity index is 626. The molecule has 3 N–H and O–H groups in total. The van der Waals surface area contributed by atoms with Crippen LogP contribution >= 0.6 is 0 Å². The maximum absolute atomic E-state index is 11.7. The van der Waals surface area contributed by atoms with Gasteiger partial charge in [0, 0.05) is 12.1 Å². The molecule has 2 rings (SSSR count). The summed E-state index contributed by atoms with van der Waals surface area (Å²) in [5.41, 5.74) is 0.117. The predicted molar refractivity (Wildman–Crippen MR) is 78.9 cm³/mol. The van der Waals surface area contributed by atoms with E-state index in [-0.39, 0.29) is 16.6 Å². The molecule has 9 heteroatoms. The van der Waals surface area contributed by atoms with Crippen LogP contribution in [0.4, 0.5) is 11.4 Å². The standard InChI is InChI=1S/C12H18N4O4S/c1-13-21(19,20)10-2-3-11(12(8-10)16(17)18)15-9-4-6-14-7-5-9/h2-3,8-9,13-15H,4-7H2,1H3. The fraction of sp³-hybridized carbons (Fsp3) is 0.500. The van der Waals surface area contributed by atoms with Crippen molar-refractivity contribution < 1.29 is 13.3 Å². The highest BCUT2D eigenvalue weighted by Gasteiger charge is 2.22. The Labute approximate surface area is 123 Å². The molecule has 1 saturated heterocycles. The van der Waals surface area contributed by atoms with E-state index >= 15 is 0 Å². The van der Waals surface area contributed by atoms with Gasteiger partial charge >= 0.3 is 0 Å². The first-order valence-corrected chi connectivity index (χ1v) is 8.11. The van der Waals surface area contributed by atoms with Crippen molar-refractivity contribution >= 4 is 21.4 Å². The monoisotopic (exact) mass is 314 g/mol. The average Bonchev–Trinajstić information content (AvgIpc) is 2.48. The Morgan fingerprint density at radius 2 is 2.00 bits per heavy atom. The van der Waals surface area contributed by atoms with E-state index in [4.69, 9.17) is 0 Å². The highest BCUT2D eigenvalue weighted by Crippen LogP contribution is 2.29. The summed E-state index contributed by atoms with van der Waals surface area (Å²) < 4.78 is 25.6. The third-order valence-electron chi connectivity index (χ3n) is 3.44. The third-order valence-corrected chi connectivity index (χ3v) is 4.86. The van der Waals surface area contributed by atoms with Crippen molar-refractivity contribution in [1.29, 1.82) is 0 Å². The van der Waals surface area contributed by atoms with Gasteiger partial charge in [-0.1, -0.05) is 0 Å². The van der Waals surface area contributed by atoms with Crippen LogP contribution in [0.5, 0.6) is 0 Å². The van der Waals surface area contributed by atoms with Gasteiger partial charge in [-0.3, -0.25) is 10.1 Å². The zero-order valence-electron chi connectivity index (χ0n) is 11.6. The molecule has 0 aromatic heterocycles. The Balaban J connectivity index is 2.31. The minimum Gasteiger partial charge on any atom is -0.377 e. The molecule has 0 radical (unpaired) electrons. The molecule has 21 heavy (non-hydrogen) atoms. The van der Waals surface area contributed by atoms with E-state index in [0.717, 1.165) is 32.0 Å². The lowest BCUT2D eigenvalue weighted by molar-refractivity contribution is -0.384. The van der Waals surface area contributed by atoms with E-state index in [2.05, 4.69) is 15.4 Å². The van der Waals surface area contributed by atoms with Gasteiger partial charge < -0.3 is 10.6 Å². The van der Waals surface area contributed by atoms with Crippen LogP contribution in [0.25, 0.3) is 0 Å². The van der Waals surface area contributed by atoms with E-state index in [1.807, 2.05) is 0 Å². The van der Waals surface area contributed by atoms with Gasteiger partial charge in [0.2, 0.25) is 10.0 Å². The minimum absolute atomic E-state index is 0.118.